The molecule has 0 aliphatic carbocycles. The van der Waals surface area contributed by atoms with Crippen LogP contribution in [0.1, 0.15) is 0 Å². The summed E-state index contributed by atoms with van der Waals surface area (Å²) in [4.78, 5) is 0. The smallest absolute Gasteiger partial charge is 0.00201 e. The van der Waals surface area contributed by atoms with Gasteiger partial charge >= 0.3 is 0 Å². The summed E-state index contributed by atoms with van der Waals surface area (Å²) in [5, 5.41) is 10.4. The molecule has 0 saturated carbocycles. The predicted octanol–water partition coefficient (Wildman–Crippen LogP) is 17.4. The standard InChI is InChI=1S/C62H40/c1-5-16-41(17-6-1)46-32-47(42-18-7-2-8-19-42)35-50(34-46)52-38-53(51-36-48(43-20-9-3-10-21-43)33-49(37-51)44-22-11-4-12-23-44)40-54(39-52)55-30-31-60-58-27-14-25-45-24-13-26-57(61(45)58)59-29-15-28-56(55)62(59)60/h1-40H. The van der Waals surface area contributed by atoms with Gasteiger partial charge in [-0.2, -0.15) is 0 Å². The van der Waals surface area contributed by atoms with Crippen molar-refractivity contribution in [2.75, 3.05) is 0 Å². The van der Waals surface area contributed by atoms with Gasteiger partial charge in [-0.3, -0.25) is 0 Å². The monoisotopic (exact) mass is 784 g/mol. The number of benzene rings is 12. The highest BCUT2D eigenvalue weighted by molar-refractivity contribution is 6.34. The molecule has 0 atom stereocenters. The summed E-state index contributed by atoms with van der Waals surface area (Å²) >= 11 is 0. The minimum Gasteiger partial charge on any atom is -0.0622 e. The summed E-state index contributed by atoms with van der Waals surface area (Å²) in [6.07, 6.45) is 0. The highest BCUT2D eigenvalue weighted by Gasteiger charge is 2.18. The fraction of sp³-hybridized carbons (Fsp3) is 0. The molecule has 0 spiro atoms. The molecule has 0 aliphatic rings. The Morgan fingerprint density at radius 1 is 0.161 bits per heavy atom. The third kappa shape index (κ3) is 6.24. The van der Waals surface area contributed by atoms with E-state index in [2.05, 4.69) is 243 Å². The van der Waals surface area contributed by atoms with Crippen LogP contribution in [-0.2, 0) is 0 Å². The molecule has 0 amide bonds. The molecule has 0 nitrogen and oxygen atoms in total. The van der Waals surface area contributed by atoms with E-state index in [0.717, 1.165) is 0 Å². The van der Waals surface area contributed by atoms with Gasteiger partial charge in [0.25, 0.3) is 0 Å². The summed E-state index contributed by atoms with van der Waals surface area (Å²) in [5.74, 6) is 0. The first-order chi connectivity index (χ1) is 30.7. The maximum atomic E-state index is 2.42. The summed E-state index contributed by atoms with van der Waals surface area (Å²) in [7, 11) is 0. The van der Waals surface area contributed by atoms with Crippen molar-refractivity contribution in [3.05, 3.63) is 243 Å². The topological polar surface area (TPSA) is 0 Å². The van der Waals surface area contributed by atoms with E-state index in [9.17, 15) is 0 Å². The minimum atomic E-state index is 1.18. The first kappa shape index (κ1) is 35.8. The van der Waals surface area contributed by atoms with Crippen LogP contribution in [0.5, 0.6) is 0 Å². The van der Waals surface area contributed by atoms with Gasteiger partial charge in [-0.25, -0.2) is 0 Å². The van der Waals surface area contributed by atoms with Gasteiger partial charge in [-0.05, 0) is 176 Å². The molecule has 12 aromatic carbocycles. The van der Waals surface area contributed by atoms with Crippen molar-refractivity contribution >= 4 is 43.1 Å². The van der Waals surface area contributed by atoms with Crippen molar-refractivity contribution in [2.45, 2.75) is 0 Å². The van der Waals surface area contributed by atoms with Gasteiger partial charge in [-0.15, -0.1) is 0 Å². The van der Waals surface area contributed by atoms with Crippen LogP contribution < -0.4 is 0 Å². The van der Waals surface area contributed by atoms with Crippen LogP contribution in [0.3, 0.4) is 0 Å². The molecular weight excluding hydrogens is 745 g/mol. The third-order valence-corrected chi connectivity index (χ3v) is 12.7. The summed E-state index contributed by atoms with van der Waals surface area (Å²) in [6.45, 7) is 0. The van der Waals surface area contributed by atoms with Crippen LogP contribution >= 0.6 is 0 Å². The van der Waals surface area contributed by atoms with Gasteiger partial charge in [0.15, 0.2) is 0 Å². The van der Waals surface area contributed by atoms with E-state index in [4.69, 9.17) is 0 Å². The maximum Gasteiger partial charge on any atom is -0.00201 e. The van der Waals surface area contributed by atoms with E-state index in [1.54, 1.807) is 0 Å². The van der Waals surface area contributed by atoms with Crippen molar-refractivity contribution < 1.29 is 0 Å². The molecule has 0 unspecified atom stereocenters. The first-order valence-electron chi connectivity index (χ1n) is 21.5. The molecule has 0 radical (unpaired) electrons. The Hall–Kier alpha value is -8.06. The molecule has 0 fully saturated rings. The van der Waals surface area contributed by atoms with Crippen LogP contribution in [0.4, 0.5) is 0 Å². The average molecular weight is 785 g/mol. The van der Waals surface area contributed by atoms with Crippen molar-refractivity contribution in [3.8, 4) is 77.9 Å². The number of hydrogen-bond donors (Lipinski definition) is 0. The van der Waals surface area contributed by atoms with E-state index in [1.807, 2.05) is 0 Å². The van der Waals surface area contributed by atoms with E-state index < -0.39 is 0 Å². The lowest BCUT2D eigenvalue weighted by Gasteiger charge is -2.18. The maximum absolute atomic E-state index is 2.42. The van der Waals surface area contributed by atoms with Crippen LogP contribution in [-0.4, -0.2) is 0 Å². The summed E-state index contributed by atoms with van der Waals surface area (Å²) in [5.41, 5.74) is 16.7. The summed E-state index contributed by atoms with van der Waals surface area (Å²) < 4.78 is 0. The van der Waals surface area contributed by atoms with Gasteiger partial charge in [-0.1, -0.05) is 188 Å². The molecule has 12 rings (SSSR count). The largest absolute Gasteiger partial charge is 0.0622 e. The van der Waals surface area contributed by atoms with E-state index in [-0.39, 0.29) is 0 Å². The Kier molecular flexibility index (Phi) is 8.61. The Morgan fingerprint density at radius 2 is 0.452 bits per heavy atom. The number of rotatable bonds is 7. The fourth-order valence-electron chi connectivity index (χ4n) is 9.79. The second-order valence-corrected chi connectivity index (χ2v) is 16.5. The molecule has 62 heavy (non-hydrogen) atoms. The Labute approximate surface area is 362 Å². The van der Waals surface area contributed by atoms with Crippen LogP contribution in [0.25, 0.3) is 121 Å². The van der Waals surface area contributed by atoms with Crippen LogP contribution in [0.2, 0.25) is 0 Å². The SMILES string of the molecule is c1ccc(-c2cc(-c3ccccc3)cc(-c3cc(-c4cc(-c5ccccc5)cc(-c5ccccc5)c4)cc(-c4ccc5c6cccc7cccc(c8cccc4c85)c76)c3)c2)cc1. The van der Waals surface area contributed by atoms with Crippen molar-refractivity contribution in [1.29, 1.82) is 0 Å². The molecular formula is C62H40. The molecule has 0 aromatic heterocycles. The van der Waals surface area contributed by atoms with Gasteiger partial charge in [0.1, 0.15) is 0 Å². The molecule has 288 valence electrons. The van der Waals surface area contributed by atoms with E-state index in [0.29, 0.717) is 0 Å². The van der Waals surface area contributed by atoms with Crippen LogP contribution in [0.15, 0.2) is 243 Å². The molecule has 12 aromatic rings. The molecule has 0 bridgehead atoms. The van der Waals surface area contributed by atoms with Gasteiger partial charge in [0.05, 0.1) is 0 Å². The lowest BCUT2D eigenvalue weighted by atomic mass is 9.85. The predicted molar refractivity (Wildman–Crippen MR) is 266 cm³/mol. The van der Waals surface area contributed by atoms with Crippen LogP contribution in [0, 0.1) is 0 Å². The Bertz CT molecular complexity index is 3280. The molecule has 0 heterocycles. The quantitative estimate of drug-likeness (QED) is 0.112. The second-order valence-electron chi connectivity index (χ2n) is 16.5. The van der Waals surface area contributed by atoms with Gasteiger partial charge in [0, 0.05) is 0 Å². The highest BCUT2D eigenvalue weighted by Crippen LogP contribution is 2.45. The normalized spacial score (nSPS) is 11.5. The Balaban J connectivity index is 1.15. The molecule has 0 saturated heterocycles. The lowest BCUT2D eigenvalue weighted by Crippen LogP contribution is -1.92. The number of fused-ring (bicyclic) bond motifs is 2. The minimum absolute atomic E-state index is 1.18. The van der Waals surface area contributed by atoms with E-state index in [1.165, 1.54) is 121 Å². The Morgan fingerprint density at radius 3 is 0.839 bits per heavy atom. The molecule has 0 heteroatoms. The first-order valence-corrected chi connectivity index (χ1v) is 21.5. The van der Waals surface area contributed by atoms with Gasteiger partial charge in [0.2, 0.25) is 0 Å². The molecule has 0 N–H and O–H groups in total. The average Bonchev–Trinajstić information content (AvgIpc) is 3.36. The van der Waals surface area contributed by atoms with Gasteiger partial charge < -0.3 is 0 Å². The van der Waals surface area contributed by atoms with Crippen molar-refractivity contribution in [2.24, 2.45) is 0 Å². The third-order valence-electron chi connectivity index (χ3n) is 12.7. The zero-order valence-electron chi connectivity index (χ0n) is 34.1. The fourth-order valence-corrected chi connectivity index (χ4v) is 9.79. The molecule has 0 aliphatic heterocycles. The summed E-state index contributed by atoms with van der Waals surface area (Å²) in [6, 6.07) is 89.6. The van der Waals surface area contributed by atoms with Crippen molar-refractivity contribution in [3.63, 3.8) is 0 Å². The van der Waals surface area contributed by atoms with E-state index >= 15 is 0 Å². The second kappa shape index (κ2) is 14.9. The zero-order chi connectivity index (χ0) is 41.0. The highest BCUT2D eigenvalue weighted by atomic mass is 14.2. The number of hydrogen-bond acceptors (Lipinski definition) is 0. The zero-order valence-corrected chi connectivity index (χ0v) is 34.1. The lowest BCUT2D eigenvalue weighted by molar-refractivity contribution is 1.54. The van der Waals surface area contributed by atoms with Crippen molar-refractivity contribution in [1.82, 2.24) is 0 Å².